The van der Waals surface area contributed by atoms with Crippen LogP contribution in [0, 0.1) is 17.8 Å². The molecule has 0 aromatic carbocycles. The van der Waals surface area contributed by atoms with Crippen molar-refractivity contribution in [1.82, 2.24) is 0 Å². The van der Waals surface area contributed by atoms with Crippen LogP contribution in [0.15, 0.2) is 0 Å². The first-order chi connectivity index (χ1) is 6.24. The van der Waals surface area contributed by atoms with Crippen molar-refractivity contribution in [3.63, 3.8) is 0 Å². The van der Waals surface area contributed by atoms with E-state index in [0.29, 0.717) is 0 Å². The fourth-order valence-electron chi connectivity index (χ4n) is 2.95. The van der Waals surface area contributed by atoms with Gasteiger partial charge in [-0.15, -0.1) is 0 Å². The highest BCUT2D eigenvalue weighted by molar-refractivity contribution is 4.76. The maximum absolute atomic E-state index is 2.37. The predicted octanol–water partition coefficient (Wildman–Crippen LogP) is 4.64. The quantitative estimate of drug-likeness (QED) is 0.581. The summed E-state index contributed by atoms with van der Waals surface area (Å²) in [6.07, 6.45) is 10.4. The first kappa shape index (κ1) is 11.1. The van der Waals surface area contributed by atoms with Crippen molar-refractivity contribution in [2.75, 3.05) is 0 Å². The first-order valence-corrected chi connectivity index (χ1v) is 6.24. The number of hydrogen-bond donors (Lipinski definition) is 0. The van der Waals surface area contributed by atoms with Crippen molar-refractivity contribution in [2.45, 2.75) is 65.7 Å². The van der Waals surface area contributed by atoms with Crippen LogP contribution in [0.1, 0.15) is 65.7 Å². The molecule has 0 heteroatoms. The Morgan fingerprint density at radius 2 is 1.77 bits per heavy atom. The van der Waals surface area contributed by atoms with Gasteiger partial charge in [0, 0.05) is 0 Å². The van der Waals surface area contributed by atoms with Crippen molar-refractivity contribution < 1.29 is 0 Å². The van der Waals surface area contributed by atoms with Crippen LogP contribution in [-0.4, -0.2) is 0 Å². The summed E-state index contributed by atoms with van der Waals surface area (Å²) in [5.41, 5.74) is 0. The second kappa shape index (κ2) is 5.67. The van der Waals surface area contributed by atoms with Gasteiger partial charge in [-0.25, -0.2) is 0 Å². The first-order valence-electron chi connectivity index (χ1n) is 6.24. The lowest BCUT2D eigenvalue weighted by atomic mass is 9.81. The molecule has 1 unspecified atom stereocenters. The molecule has 1 fully saturated rings. The summed E-state index contributed by atoms with van der Waals surface area (Å²) < 4.78 is 0. The summed E-state index contributed by atoms with van der Waals surface area (Å²) in [6, 6.07) is 0. The van der Waals surface area contributed by atoms with Crippen LogP contribution in [0.4, 0.5) is 0 Å². The molecule has 1 saturated carbocycles. The van der Waals surface area contributed by atoms with Crippen LogP contribution >= 0.6 is 0 Å². The monoisotopic (exact) mass is 182 g/mol. The lowest BCUT2D eigenvalue weighted by Gasteiger charge is -2.24. The molecule has 0 N–H and O–H groups in total. The molecule has 13 heavy (non-hydrogen) atoms. The van der Waals surface area contributed by atoms with Crippen molar-refractivity contribution in [2.24, 2.45) is 17.8 Å². The van der Waals surface area contributed by atoms with Gasteiger partial charge in [-0.3, -0.25) is 0 Å². The van der Waals surface area contributed by atoms with E-state index in [2.05, 4.69) is 20.8 Å². The van der Waals surface area contributed by atoms with E-state index in [1.54, 1.807) is 0 Å². The summed E-state index contributed by atoms with van der Waals surface area (Å²) in [7, 11) is 0. The summed E-state index contributed by atoms with van der Waals surface area (Å²) in [5.74, 6) is 3.03. The van der Waals surface area contributed by atoms with E-state index in [4.69, 9.17) is 0 Å². The molecule has 1 rings (SSSR count). The van der Waals surface area contributed by atoms with Gasteiger partial charge in [-0.05, 0) is 24.2 Å². The maximum atomic E-state index is 2.37. The Labute approximate surface area is 84.1 Å². The highest BCUT2D eigenvalue weighted by atomic mass is 14.3. The zero-order valence-electron chi connectivity index (χ0n) is 9.68. The lowest BCUT2D eigenvalue weighted by Crippen LogP contribution is -2.14. The van der Waals surface area contributed by atoms with Crippen molar-refractivity contribution in [1.29, 1.82) is 0 Å². The minimum absolute atomic E-state index is 0.900. The minimum Gasteiger partial charge on any atom is -0.0654 e. The summed E-state index contributed by atoms with van der Waals surface area (Å²) in [4.78, 5) is 0. The highest BCUT2D eigenvalue weighted by Crippen LogP contribution is 2.36. The van der Waals surface area contributed by atoms with E-state index >= 15 is 0 Å². The number of hydrogen-bond acceptors (Lipinski definition) is 0. The van der Waals surface area contributed by atoms with E-state index in [9.17, 15) is 0 Å². The summed E-state index contributed by atoms with van der Waals surface area (Å²) >= 11 is 0. The van der Waals surface area contributed by atoms with Crippen LogP contribution in [0.2, 0.25) is 0 Å². The largest absolute Gasteiger partial charge is 0.0654 e. The third kappa shape index (κ3) is 3.70. The van der Waals surface area contributed by atoms with Crippen molar-refractivity contribution in [3.05, 3.63) is 0 Å². The van der Waals surface area contributed by atoms with E-state index < -0.39 is 0 Å². The number of rotatable bonds is 5. The molecule has 0 spiro atoms. The van der Waals surface area contributed by atoms with E-state index in [1.165, 1.54) is 44.9 Å². The summed E-state index contributed by atoms with van der Waals surface area (Å²) in [5, 5.41) is 0. The maximum Gasteiger partial charge on any atom is -0.0384 e. The van der Waals surface area contributed by atoms with E-state index in [0.717, 1.165) is 17.8 Å². The molecular weight excluding hydrogens is 156 g/mol. The van der Waals surface area contributed by atoms with Crippen LogP contribution in [0.25, 0.3) is 0 Å². The molecule has 0 aromatic heterocycles. The average molecular weight is 182 g/mol. The second-order valence-corrected chi connectivity index (χ2v) is 5.22. The summed E-state index contributed by atoms with van der Waals surface area (Å²) in [6.45, 7) is 7.08. The van der Waals surface area contributed by atoms with Gasteiger partial charge in [0.25, 0.3) is 0 Å². The molecule has 0 bridgehead atoms. The van der Waals surface area contributed by atoms with Gasteiger partial charge in [0.2, 0.25) is 0 Å². The Morgan fingerprint density at radius 3 is 2.23 bits per heavy atom. The fourth-order valence-corrected chi connectivity index (χ4v) is 2.95. The molecule has 78 valence electrons. The standard InChI is InChI=1S/C13H26/c1-4-7-13(10-11(2)3)12-8-5-6-9-12/h11-13H,4-10H2,1-3H3. The van der Waals surface area contributed by atoms with E-state index in [-0.39, 0.29) is 0 Å². The third-order valence-corrected chi connectivity index (χ3v) is 3.50. The highest BCUT2D eigenvalue weighted by Gasteiger charge is 2.24. The van der Waals surface area contributed by atoms with Crippen molar-refractivity contribution >= 4 is 0 Å². The zero-order chi connectivity index (χ0) is 9.68. The molecule has 0 amide bonds. The predicted molar refractivity (Wildman–Crippen MR) is 59.8 cm³/mol. The van der Waals surface area contributed by atoms with Crippen LogP contribution < -0.4 is 0 Å². The third-order valence-electron chi connectivity index (χ3n) is 3.50. The fraction of sp³-hybridized carbons (Fsp3) is 1.00. The Morgan fingerprint density at radius 1 is 1.15 bits per heavy atom. The average Bonchev–Trinajstić information content (AvgIpc) is 2.54. The van der Waals surface area contributed by atoms with Gasteiger partial charge >= 0.3 is 0 Å². The molecular formula is C13H26. The normalized spacial score (nSPS) is 21.2. The molecule has 1 aliphatic rings. The van der Waals surface area contributed by atoms with Gasteiger partial charge < -0.3 is 0 Å². The minimum atomic E-state index is 0.900. The van der Waals surface area contributed by atoms with E-state index in [1.807, 2.05) is 0 Å². The van der Waals surface area contributed by atoms with Crippen LogP contribution in [-0.2, 0) is 0 Å². The molecule has 0 aliphatic heterocycles. The molecule has 0 saturated heterocycles. The van der Waals surface area contributed by atoms with Gasteiger partial charge in [0.05, 0.1) is 0 Å². The zero-order valence-corrected chi connectivity index (χ0v) is 9.68. The molecule has 0 nitrogen and oxygen atoms in total. The smallest absolute Gasteiger partial charge is 0.0384 e. The molecule has 0 radical (unpaired) electrons. The van der Waals surface area contributed by atoms with Crippen LogP contribution in [0.3, 0.4) is 0 Å². The SMILES string of the molecule is CCCC(CC(C)C)C1CCCC1. The van der Waals surface area contributed by atoms with Crippen molar-refractivity contribution in [3.8, 4) is 0 Å². The van der Waals surface area contributed by atoms with Crippen LogP contribution in [0.5, 0.6) is 0 Å². The van der Waals surface area contributed by atoms with Gasteiger partial charge in [-0.1, -0.05) is 59.3 Å². The molecule has 1 atom stereocenters. The Bertz CT molecular complexity index is 120. The Balaban J connectivity index is 2.35. The Hall–Kier alpha value is 0. The topological polar surface area (TPSA) is 0 Å². The van der Waals surface area contributed by atoms with Gasteiger partial charge in [0.1, 0.15) is 0 Å². The molecule has 0 aromatic rings. The lowest BCUT2D eigenvalue weighted by molar-refractivity contribution is 0.266. The molecule has 1 aliphatic carbocycles. The Kier molecular flexibility index (Phi) is 4.83. The van der Waals surface area contributed by atoms with Gasteiger partial charge in [0.15, 0.2) is 0 Å². The molecule has 0 heterocycles. The van der Waals surface area contributed by atoms with Gasteiger partial charge in [-0.2, -0.15) is 0 Å². The second-order valence-electron chi connectivity index (χ2n) is 5.22.